The molecule has 0 unspecified atom stereocenters. The first-order valence-electron chi connectivity index (χ1n) is 5.79. The number of para-hydroxylation sites is 1. The molecule has 0 atom stereocenters. The van der Waals surface area contributed by atoms with Gasteiger partial charge in [-0.05, 0) is 56.7 Å². The number of hydrogen-bond acceptors (Lipinski definition) is 1. The highest BCUT2D eigenvalue weighted by atomic mass is 127. The van der Waals surface area contributed by atoms with E-state index in [1.807, 2.05) is 51.4 Å². The molecule has 0 fully saturated rings. The molecule has 2 aromatic carbocycles. The Hall–Kier alpha value is -0.660. The highest BCUT2D eigenvalue weighted by Crippen LogP contribution is 2.29. The third kappa shape index (κ3) is 2.35. The van der Waals surface area contributed by atoms with E-state index in [4.69, 9.17) is 11.6 Å². The predicted molar refractivity (Wildman–Crippen MR) is 91.0 cm³/mol. The molecule has 0 aliphatic heterocycles. The molecule has 0 aliphatic rings. The summed E-state index contributed by atoms with van der Waals surface area (Å²) in [7, 11) is 0. The predicted octanol–water partition coefficient (Wildman–Crippen LogP) is 5.27. The fraction of sp³-hybridized carbons (Fsp3) is 0.0714. The second-order valence-electron chi connectivity index (χ2n) is 4.20. The lowest BCUT2D eigenvalue weighted by Crippen LogP contribution is -2.00. The Labute approximate surface area is 142 Å². The zero-order chi connectivity index (χ0) is 14.3. The van der Waals surface area contributed by atoms with Gasteiger partial charge in [0.1, 0.15) is 11.6 Å². The van der Waals surface area contributed by atoms with Crippen molar-refractivity contribution in [2.75, 3.05) is 0 Å². The number of hydrogen-bond donors (Lipinski definition) is 0. The average molecular weight is 465 g/mol. The molecular weight excluding hydrogens is 457 g/mol. The average Bonchev–Trinajstić information content (AvgIpc) is 2.77. The van der Waals surface area contributed by atoms with Gasteiger partial charge in [0.05, 0.1) is 26.2 Å². The third-order valence-electron chi connectivity index (χ3n) is 2.98. The van der Waals surface area contributed by atoms with Crippen LogP contribution < -0.4 is 0 Å². The van der Waals surface area contributed by atoms with E-state index in [0.717, 1.165) is 15.7 Å². The minimum Gasteiger partial charge on any atom is -0.294 e. The van der Waals surface area contributed by atoms with Gasteiger partial charge in [0.15, 0.2) is 0 Å². The van der Waals surface area contributed by atoms with E-state index in [1.54, 1.807) is 6.07 Å². The first-order chi connectivity index (χ1) is 9.61. The molecule has 102 valence electrons. The van der Waals surface area contributed by atoms with Crippen molar-refractivity contribution in [1.82, 2.24) is 9.55 Å². The van der Waals surface area contributed by atoms with Crippen LogP contribution in [0.1, 0.15) is 5.82 Å². The Morgan fingerprint density at radius 3 is 2.75 bits per heavy atom. The van der Waals surface area contributed by atoms with Gasteiger partial charge in [0.25, 0.3) is 0 Å². The van der Waals surface area contributed by atoms with Gasteiger partial charge >= 0.3 is 0 Å². The summed E-state index contributed by atoms with van der Waals surface area (Å²) >= 11 is 11.5. The molecule has 1 aromatic heterocycles. The first kappa shape index (κ1) is 14.3. The van der Waals surface area contributed by atoms with E-state index in [0.29, 0.717) is 14.9 Å². The van der Waals surface area contributed by atoms with E-state index in [2.05, 4.69) is 20.9 Å². The Kier molecular flexibility index (Phi) is 4.01. The number of nitrogens with zero attached hydrogens (tertiary/aromatic N) is 2. The molecule has 0 amide bonds. The van der Waals surface area contributed by atoms with Crippen LogP contribution in [0.5, 0.6) is 0 Å². The topological polar surface area (TPSA) is 17.8 Å². The highest BCUT2D eigenvalue weighted by Gasteiger charge is 2.15. The molecule has 3 aromatic rings. The van der Waals surface area contributed by atoms with Crippen molar-refractivity contribution < 1.29 is 4.39 Å². The molecule has 0 aliphatic carbocycles. The zero-order valence-electron chi connectivity index (χ0n) is 10.1. The van der Waals surface area contributed by atoms with E-state index in [-0.39, 0.29) is 11.7 Å². The largest absolute Gasteiger partial charge is 0.294 e. The highest BCUT2D eigenvalue weighted by molar-refractivity contribution is 14.1. The summed E-state index contributed by atoms with van der Waals surface area (Å²) in [5.41, 5.74) is 2.35. The van der Waals surface area contributed by atoms with Crippen LogP contribution in [-0.4, -0.2) is 9.55 Å². The van der Waals surface area contributed by atoms with Crippen LogP contribution in [0.4, 0.5) is 4.39 Å². The second-order valence-corrected chi connectivity index (χ2v) is 6.49. The van der Waals surface area contributed by atoms with Crippen LogP contribution in [-0.2, 0) is 5.88 Å². The number of benzene rings is 2. The molecule has 3 rings (SSSR count). The van der Waals surface area contributed by atoms with Crippen molar-refractivity contribution >= 4 is 61.2 Å². The molecule has 0 spiro atoms. The monoisotopic (exact) mass is 464 g/mol. The van der Waals surface area contributed by atoms with Crippen LogP contribution in [0.2, 0.25) is 0 Å². The molecule has 0 bridgehead atoms. The van der Waals surface area contributed by atoms with Gasteiger partial charge in [-0.3, -0.25) is 4.57 Å². The van der Waals surface area contributed by atoms with Gasteiger partial charge in [-0.2, -0.15) is 0 Å². The summed E-state index contributed by atoms with van der Waals surface area (Å²) in [6, 6.07) is 11.0. The lowest BCUT2D eigenvalue weighted by molar-refractivity contribution is 0.622. The van der Waals surface area contributed by atoms with E-state index in [9.17, 15) is 4.39 Å². The number of aromatic nitrogens is 2. The zero-order valence-corrected chi connectivity index (χ0v) is 14.6. The van der Waals surface area contributed by atoms with E-state index in [1.165, 1.54) is 6.07 Å². The summed E-state index contributed by atoms with van der Waals surface area (Å²) in [6.07, 6.45) is 0. The standard InChI is InChI=1S/C14H8BrClFIN2/c15-8-3-1-2-4-12(8)20-13-5-9(17)10(18)6-11(13)19-14(20)7-16/h1-6H,7H2. The van der Waals surface area contributed by atoms with Crippen LogP contribution >= 0.6 is 50.1 Å². The molecule has 0 saturated heterocycles. The van der Waals surface area contributed by atoms with Crippen molar-refractivity contribution in [1.29, 1.82) is 0 Å². The molecule has 6 heteroatoms. The lowest BCUT2D eigenvalue weighted by atomic mass is 10.2. The quantitative estimate of drug-likeness (QED) is 0.373. The third-order valence-corrected chi connectivity index (χ3v) is 4.72. The van der Waals surface area contributed by atoms with Gasteiger partial charge in [-0.1, -0.05) is 12.1 Å². The molecule has 2 nitrogen and oxygen atoms in total. The fourth-order valence-corrected chi connectivity index (χ4v) is 3.21. The smallest absolute Gasteiger partial charge is 0.138 e. The van der Waals surface area contributed by atoms with Gasteiger partial charge in [-0.15, -0.1) is 11.6 Å². The summed E-state index contributed by atoms with van der Waals surface area (Å²) in [6.45, 7) is 0. The maximum absolute atomic E-state index is 13.9. The minimum atomic E-state index is -0.257. The SMILES string of the molecule is Fc1cc2c(cc1I)nc(CCl)n2-c1ccccc1Br. The van der Waals surface area contributed by atoms with Crippen molar-refractivity contribution in [3.05, 3.63) is 56.1 Å². The van der Waals surface area contributed by atoms with Crippen molar-refractivity contribution in [3.8, 4) is 5.69 Å². The van der Waals surface area contributed by atoms with Gasteiger partial charge < -0.3 is 0 Å². The van der Waals surface area contributed by atoms with E-state index >= 15 is 0 Å². The molecular formula is C14H8BrClFIN2. The van der Waals surface area contributed by atoms with Gasteiger partial charge in [-0.25, -0.2) is 9.37 Å². The molecule has 20 heavy (non-hydrogen) atoms. The van der Waals surface area contributed by atoms with Crippen molar-refractivity contribution in [3.63, 3.8) is 0 Å². The van der Waals surface area contributed by atoms with Crippen molar-refractivity contribution in [2.24, 2.45) is 0 Å². The summed E-state index contributed by atoms with van der Waals surface area (Å²) < 4.78 is 17.2. The van der Waals surface area contributed by atoms with E-state index < -0.39 is 0 Å². The fourth-order valence-electron chi connectivity index (χ4n) is 2.11. The Morgan fingerprint density at radius 1 is 1.30 bits per heavy atom. The summed E-state index contributed by atoms with van der Waals surface area (Å²) in [5, 5.41) is 0. The summed E-state index contributed by atoms with van der Waals surface area (Å²) in [5.74, 6) is 0.691. The Bertz CT molecular complexity index is 803. The van der Waals surface area contributed by atoms with Gasteiger partial charge in [0.2, 0.25) is 0 Å². The molecule has 0 N–H and O–H groups in total. The molecule has 0 radical (unpaired) electrons. The van der Waals surface area contributed by atoms with Crippen LogP contribution in [0, 0.1) is 9.39 Å². The number of rotatable bonds is 2. The maximum atomic E-state index is 13.9. The minimum absolute atomic E-state index is 0.257. The lowest BCUT2D eigenvalue weighted by Gasteiger charge is -2.10. The number of halogens is 4. The molecule has 0 saturated carbocycles. The van der Waals surface area contributed by atoms with Crippen LogP contribution in [0.25, 0.3) is 16.7 Å². The maximum Gasteiger partial charge on any atom is 0.138 e. The van der Waals surface area contributed by atoms with Crippen LogP contribution in [0.3, 0.4) is 0 Å². The van der Waals surface area contributed by atoms with Crippen molar-refractivity contribution in [2.45, 2.75) is 5.88 Å². The number of alkyl halides is 1. The van der Waals surface area contributed by atoms with Crippen LogP contribution in [0.15, 0.2) is 40.9 Å². The normalized spacial score (nSPS) is 11.2. The number of imidazole rings is 1. The first-order valence-corrected chi connectivity index (χ1v) is 8.19. The van der Waals surface area contributed by atoms with Gasteiger partial charge in [0, 0.05) is 10.5 Å². The Balaban J connectivity index is 2.39. The Morgan fingerprint density at radius 2 is 2.05 bits per heavy atom. The number of fused-ring (bicyclic) bond motifs is 1. The second kappa shape index (κ2) is 5.61. The summed E-state index contributed by atoms with van der Waals surface area (Å²) in [4.78, 5) is 4.49. The molecule has 1 heterocycles.